The average Bonchev–Trinajstić information content (AvgIpc) is 2.42. The Kier molecular flexibility index (Phi) is 85.9. The van der Waals surface area contributed by atoms with Crippen molar-refractivity contribution >= 4 is 0 Å². The average molecular weight is 324 g/mol. The first kappa shape index (κ1) is 31.7. The summed E-state index contributed by atoms with van der Waals surface area (Å²) in [5.41, 5.74) is 0. The van der Waals surface area contributed by atoms with Crippen LogP contribution in [0.2, 0.25) is 0 Å². The minimum atomic E-state index is -0.125. The summed E-state index contributed by atoms with van der Waals surface area (Å²) in [7, 11) is 0. The molecule has 0 aliphatic carbocycles. The fourth-order valence-corrected chi connectivity index (χ4v) is 0.141. The van der Waals surface area contributed by atoms with Gasteiger partial charge in [0.05, 0.1) is 26.4 Å². The van der Waals surface area contributed by atoms with Gasteiger partial charge in [-0.3, -0.25) is 0 Å². The van der Waals surface area contributed by atoms with Gasteiger partial charge in [0.1, 0.15) is 0 Å². The maximum Gasteiger partial charge on any atom is 0.0662 e. The smallest absolute Gasteiger partial charge is 0.0662 e. The van der Waals surface area contributed by atoms with Crippen LogP contribution in [0.5, 0.6) is 0 Å². The van der Waals surface area contributed by atoms with E-state index >= 15 is 0 Å². The Morgan fingerprint density at radius 1 is 0.316 bits per heavy atom. The quantitative estimate of drug-likeness (QED) is 0.235. The largest absolute Gasteiger partial charge is 0.396 e. The van der Waals surface area contributed by atoms with Gasteiger partial charge in [-0.15, -0.1) is 0 Å². The van der Waals surface area contributed by atoms with Crippen molar-refractivity contribution in [1.82, 2.24) is 0 Å². The summed E-state index contributed by atoms with van der Waals surface area (Å²) in [6.07, 6.45) is 1.00. The maximum atomic E-state index is 7.91. The third kappa shape index (κ3) is 121. The van der Waals surface area contributed by atoms with Crippen molar-refractivity contribution in [3.8, 4) is 0 Å². The number of hydrogen-bond acceptors (Lipinski definition) is 8. The molecule has 0 rings (SSSR count). The zero-order valence-electron chi connectivity index (χ0n) is 11.1. The molecule has 0 heterocycles. The Morgan fingerprint density at radius 2 is 0.474 bits per heavy atom. The van der Waals surface area contributed by atoms with Crippen LogP contribution in [-0.4, -0.2) is 93.7 Å². The van der Waals surface area contributed by atoms with E-state index in [2.05, 4.69) is 0 Å². The van der Waals surface area contributed by atoms with Gasteiger partial charge in [0.15, 0.2) is 0 Å². The second kappa shape index (κ2) is 51.5. The van der Waals surface area contributed by atoms with Crippen molar-refractivity contribution in [2.75, 3.05) is 52.9 Å². The third-order valence-corrected chi connectivity index (χ3v) is 0.832. The zero-order valence-corrected chi connectivity index (χ0v) is 12.7. The summed E-state index contributed by atoms with van der Waals surface area (Å²) in [5.74, 6) is 0. The minimum Gasteiger partial charge on any atom is -0.396 e. The molecule has 0 saturated heterocycles. The van der Waals surface area contributed by atoms with Gasteiger partial charge in [-0.05, 0) is 12.8 Å². The third-order valence-electron chi connectivity index (χ3n) is 0.832. The molecule has 0 aliphatic heterocycles. The molecule has 0 saturated carbocycles. The number of hydrogen-bond donors (Lipinski definition) is 8. The molecular weight excluding hydrogens is 296 g/mol. The summed E-state index contributed by atoms with van der Waals surface area (Å²) < 4.78 is 0. The van der Waals surface area contributed by atoms with Crippen molar-refractivity contribution in [1.29, 1.82) is 0 Å². The number of rotatable bonds is 6. The molecular formula is C10H28O8Ti. The summed E-state index contributed by atoms with van der Waals surface area (Å²) in [5, 5.41) is 62.1. The first-order chi connectivity index (χ1) is 8.66. The molecule has 0 aromatic heterocycles. The predicted octanol–water partition coefficient (Wildman–Crippen LogP) is -3.34. The van der Waals surface area contributed by atoms with E-state index in [-0.39, 0.29) is 74.6 Å². The molecule has 0 bridgehead atoms. The summed E-state index contributed by atoms with van der Waals surface area (Å²) in [6, 6.07) is 0. The molecule has 0 spiro atoms. The predicted molar refractivity (Wildman–Crippen MR) is 65.9 cm³/mol. The Labute approximate surface area is 128 Å². The molecule has 0 amide bonds. The Bertz CT molecular complexity index is 71.9. The van der Waals surface area contributed by atoms with Gasteiger partial charge in [0.25, 0.3) is 0 Å². The molecule has 0 fully saturated rings. The Morgan fingerprint density at radius 3 is 0.474 bits per heavy atom. The van der Waals surface area contributed by atoms with Crippen LogP contribution in [0.3, 0.4) is 0 Å². The molecule has 8 N–H and O–H groups in total. The first-order valence-corrected chi connectivity index (χ1v) is 5.53. The van der Waals surface area contributed by atoms with Crippen LogP contribution in [0.4, 0.5) is 0 Å². The van der Waals surface area contributed by atoms with Gasteiger partial charge in [-0.25, -0.2) is 0 Å². The van der Waals surface area contributed by atoms with Gasteiger partial charge in [0.2, 0.25) is 0 Å². The fraction of sp³-hybridized carbons (Fsp3) is 1.00. The van der Waals surface area contributed by atoms with E-state index in [9.17, 15) is 0 Å². The van der Waals surface area contributed by atoms with Crippen molar-refractivity contribution in [2.24, 2.45) is 0 Å². The second-order valence-electron chi connectivity index (χ2n) is 2.50. The van der Waals surface area contributed by atoms with Gasteiger partial charge < -0.3 is 40.9 Å². The monoisotopic (exact) mass is 324 g/mol. The van der Waals surface area contributed by atoms with E-state index in [0.717, 1.165) is 0 Å². The second-order valence-corrected chi connectivity index (χ2v) is 2.50. The molecule has 9 heteroatoms. The van der Waals surface area contributed by atoms with Crippen LogP contribution in [0.25, 0.3) is 0 Å². The summed E-state index contributed by atoms with van der Waals surface area (Å²) in [4.78, 5) is 0. The van der Waals surface area contributed by atoms with Crippen molar-refractivity contribution in [2.45, 2.75) is 12.8 Å². The molecule has 0 unspecified atom stereocenters. The Balaban J connectivity index is -0.0000000453. The van der Waals surface area contributed by atoms with E-state index in [1.807, 2.05) is 0 Å². The number of aliphatic hydroxyl groups excluding tert-OH is 8. The summed E-state index contributed by atoms with van der Waals surface area (Å²) in [6.45, 7) is -0.125. The van der Waals surface area contributed by atoms with Crippen molar-refractivity contribution in [3.05, 3.63) is 0 Å². The topological polar surface area (TPSA) is 162 Å². The standard InChI is InChI=1S/2C3H8O2.2C2H6O2.Ti/c2*4-2-1-3-5;2*3-1-2-4;/h2*4-5H,1-3H2;2*3-4H,1-2H2;. The zero-order chi connectivity index (χ0) is 15.1. The van der Waals surface area contributed by atoms with E-state index in [1.54, 1.807) is 0 Å². The molecule has 19 heavy (non-hydrogen) atoms. The first-order valence-electron chi connectivity index (χ1n) is 5.53. The summed E-state index contributed by atoms with van der Waals surface area (Å²) >= 11 is 0. The van der Waals surface area contributed by atoms with Crippen LogP contribution in [0.1, 0.15) is 12.8 Å². The van der Waals surface area contributed by atoms with Crippen molar-refractivity contribution < 1.29 is 62.6 Å². The molecule has 0 radical (unpaired) electrons. The van der Waals surface area contributed by atoms with Gasteiger partial charge in [-0.2, -0.15) is 0 Å². The Hall–Kier alpha value is 0.394. The SMILES string of the molecule is OCCCO.OCCCO.OCCO.OCCO.[Ti]. The molecule has 120 valence electrons. The maximum absolute atomic E-state index is 7.91. The van der Waals surface area contributed by atoms with E-state index in [0.29, 0.717) is 12.8 Å². The van der Waals surface area contributed by atoms with Crippen LogP contribution in [0, 0.1) is 0 Å². The van der Waals surface area contributed by atoms with Crippen molar-refractivity contribution in [3.63, 3.8) is 0 Å². The van der Waals surface area contributed by atoms with E-state index < -0.39 is 0 Å². The van der Waals surface area contributed by atoms with Gasteiger partial charge >= 0.3 is 0 Å². The molecule has 0 aromatic carbocycles. The minimum absolute atomic E-state index is 0. The van der Waals surface area contributed by atoms with Crippen LogP contribution in [0.15, 0.2) is 0 Å². The normalized spacial score (nSPS) is 7.58. The number of aliphatic hydroxyl groups is 8. The van der Waals surface area contributed by atoms with Gasteiger partial charge in [0, 0.05) is 48.1 Å². The van der Waals surface area contributed by atoms with E-state index in [4.69, 9.17) is 40.9 Å². The molecule has 0 aromatic rings. The van der Waals surface area contributed by atoms with Crippen LogP contribution < -0.4 is 0 Å². The van der Waals surface area contributed by atoms with Gasteiger partial charge in [-0.1, -0.05) is 0 Å². The van der Waals surface area contributed by atoms with Crippen LogP contribution in [-0.2, 0) is 21.7 Å². The van der Waals surface area contributed by atoms with Crippen LogP contribution >= 0.6 is 0 Å². The molecule has 8 nitrogen and oxygen atoms in total. The molecule has 0 aliphatic rings. The van der Waals surface area contributed by atoms with E-state index in [1.165, 1.54) is 0 Å². The fourth-order valence-electron chi connectivity index (χ4n) is 0.141. The molecule has 0 atom stereocenters.